The monoisotopic (exact) mass is 762 g/mol. The number of unbranched alkanes of at least 4 members (excludes halogenated alkanes) is 13. The van der Waals surface area contributed by atoms with Gasteiger partial charge in [0.05, 0.1) is 26.4 Å². The molecule has 0 bridgehead atoms. The molecule has 2 aliphatic heterocycles. The van der Waals surface area contributed by atoms with Crippen LogP contribution in [0.2, 0.25) is 0 Å². The molecule has 2 rings (SSSR count). The summed E-state index contributed by atoms with van der Waals surface area (Å²) < 4.78 is 33.0. The summed E-state index contributed by atoms with van der Waals surface area (Å²) in [5.41, 5.74) is 0. The molecule has 0 aromatic rings. The highest BCUT2D eigenvalue weighted by Crippen LogP contribution is 2.26. The van der Waals surface area contributed by atoms with E-state index in [9.17, 15) is 40.5 Å². The first-order valence-electron chi connectivity index (χ1n) is 19.9. The SMILES string of the molecule is CCCCC/C=C\C/C=C\CCCCCCCCCCCCOCC(COC1OC(COC2OC(CO)C(O)C(O)C2O)C(O)C(O)C1O)OC(C)=O. The van der Waals surface area contributed by atoms with E-state index in [1.165, 1.54) is 84.0 Å². The van der Waals surface area contributed by atoms with Gasteiger partial charge in [0.2, 0.25) is 0 Å². The van der Waals surface area contributed by atoms with E-state index >= 15 is 0 Å². The number of rotatable bonds is 29. The van der Waals surface area contributed by atoms with Crippen LogP contribution in [0.3, 0.4) is 0 Å². The summed E-state index contributed by atoms with van der Waals surface area (Å²) in [4.78, 5) is 11.7. The van der Waals surface area contributed by atoms with Crippen LogP contribution >= 0.6 is 0 Å². The number of carbonyl (C=O) groups is 1. The third-order valence-corrected chi connectivity index (χ3v) is 9.51. The van der Waals surface area contributed by atoms with Gasteiger partial charge in [-0.2, -0.15) is 0 Å². The van der Waals surface area contributed by atoms with Crippen LogP contribution in [0, 0.1) is 0 Å². The standard InChI is InChI=1S/C39H70O14/c1-3-4-5-6-7-8-9-10-11-12-13-14-15-16-17-18-19-20-21-22-23-48-25-29(51-28(2)41)26-49-38-37(47)35(45)33(43)31(53-38)27-50-39-36(46)34(44)32(42)30(24-40)52-39/h7-8,10-11,29-40,42-47H,3-6,9,12-27H2,1-2H3/b8-7-,11-10-. The normalized spacial score (nSPS) is 30.0. The largest absolute Gasteiger partial charge is 0.458 e. The molecule has 11 atom stereocenters. The Bertz CT molecular complexity index is 980. The van der Waals surface area contributed by atoms with Gasteiger partial charge in [0, 0.05) is 13.5 Å². The molecular weight excluding hydrogens is 692 g/mol. The van der Waals surface area contributed by atoms with Crippen molar-refractivity contribution in [3.63, 3.8) is 0 Å². The maximum atomic E-state index is 11.7. The lowest BCUT2D eigenvalue weighted by Crippen LogP contribution is -2.61. The molecule has 0 aliphatic carbocycles. The number of aliphatic hydroxyl groups excluding tert-OH is 7. The molecule has 0 spiro atoms. The fraction of sp³-hybridized carbons (Fsp3) is 0.872. The van der Waals surface area contributed by atoms with Gasteiger partial charge in [0.1, 0.15) is 54.9 Å². The fourth-order valence-electron chi connectivity index (χ4n) is 6.25. The van der Waals surface area contributed by atoms with E-state index in [1.54, 1.807) is 0 Å². The van der Waals surface area contributed by atoms with Crippen molar-refractivity contribution in [2.24, 2.45) is 0 Å². The Hall–Kier alpha value is -1.53. The molecule has 0 amide bonds. The van der Waals surface area contributed by atoms with E-state index in [4.69, 9.17) is 28.4 Å². The predicted molar refractivity (Wildman–Crippen MR) is 197 cm³/mol. The van der Waals surface area contributed by atoms with Crippen LogP contribution < -0.4 is 0 Å². The zero-order chi connectivity index (χ0) is 38.8. The lowest BCUT2D eigenvalue weighted by atomic mass is 9.98. The maximum Gasteiger partial charge on any atom is 0.303 e. The predicted octanol–water partition coefficient (Wildman–Crippen LogP) is 2.95. The molecule has 11 unspecified atom stereocenters. The summed E-state index contributed by atoms with van der Waals surface area (Å²) in [5.74, 6) is -0.554. The first kappa shape index (κ1) is 47.6. The van der Waals surface area contributed by atoms with Crippen LogP contribution in [-0.2, 0) is 33.2 Å². The molecule has 14 nitrogen and oxygen atoms in total. The summed E-state index contributed by atoms with van der Waals surface area (Å²) in [6, 6.07) is 0. The molecule has 2 heterocycles. The van der Waals surface area contributed by atoms with Crippen molar-refractivity contribution in [3.8, 4) is 0 Å². The van der Waals surface area contributed by atoms with Gasteiger partial charge in [0.25, 0.3) is 0 Å². The number of esters is 1. The first-order valence-corrected chi connectivity index (χ1v) is 19.9. The Morgan fingerprint density at radius 2 is 1.13 bits per heavy atom. The van der Waals surface area contributed by atoms with Crippen molar-refractivity contribution in [2.45, 2.75) is 184 Å². The molecule has 0 aromatic carbocycles. The van der Waals surface area contributed by atoms with Gasteiger partial charge in [-0.1, -0.05) is 95.4 Å². The lowest BCUT2D eigenvalue weighted by molar-refractivity contribution is -0.332. The molecule has 2 aliphatic rings. The van der Waals surface area contributed by atoms with E-state index in [0.29, 0.717) is 6.61 Å². The highest BCUT2D eigenvalue weighted by Gasteiger charge is 2.47. The van der Waals surface area contributed by atoms with E-state index in [1.807, 2.05) is 0 Å². The smallest absolute Gasteiger partial charge is 0.303 e. The molecule has 0 saturated carbocycles. The average Bonchev–Trinajstić information content (AvgIpc) is 3.14. The second-order valence-electron chi connectivity index (χ2n) is 14.2. The molecule has 53 heavy (non-hydrogen) atoms. The van der Waals surface area contributed by atoms with Gasteiger partial charge in [-0.25, -0.2) is 0 Å². The zero-order valence-corrected chi connectivity index (χ0v) is 32.0. The number of ether oxygens (including phenoxy) is 6. The zero-order valence-electron chi connectivity index (χ0n) is 32.0. The van der Waals surface area contributed by atoms with Crippen molar-refractivity contribution in [2.75, 3.05) is 33.0 Å². The molecule has 14 heteroatoms. The molecule has 310 valence electrons. The lowest BCUT2D eigenvalue weighted by Gasteiger charge is -2.42. The molecule has 0 radical (unpaired) electrons. The van der Waals surface area contributed by atoms with Crippen LogP contribution in [0.1, 0.15) is 117 Å². The van der Waals surface area contributed by atoms with E-state index in [-0.39, 0.29) is 13.2 Å². The van der Waals surface area contributed by atoms with Gasteiger partial charge < -0.3 is 64.2 Å². The van der Waals surface area contributed by atoms with Crippen LogP contribution in [0.4, 0.5) is 0 Å². The highest BCUT2D eigenvalue weighted by atomic mass is 16.7. The second kappa shape index (κ2) is 28.8. The average molecular weight is 763 g/mol. The van der Waals surface area contributed by atoms with Gasteiger partial charge in [-0.3, -0.25) is 4.79 Å². The maximum absolute atomic E-state index is 11.7. The van der Waals surface area contributed by atoms with E-state index in [0.717, 1.165) is 25.7 Å². The summed E-state index contributed by atoms with van der Waals surface area (Å²) in [6.45, 7) is 2.63. The minimum Gasteiger partial charge on any atom is -0.458 e. The third-order valence-electron chi connectivity index (χ3n) is 9.51. The quantitative estimate of drug-likeness (QED) is 0.0332. The topological polar surface area (TPSA) is 214 Å². The van der Waals surface area contributed by atoms with Crippen LogP contribution in [0.15, 0.2) is 24.3 Å². The van der Waals surface area contributed by atoms with Crippen LogP contribution in [0.25, 0.3) is 0 Å². The van der Waals surface area contributed by atoms with Crippen molar-refractivity contribution in [3.05, 3.63) is 24.3 Å². The number of hydrogen-bond donors (Lipinski definition) is 7. The number of carbonyl (C=O) groups excluding carboxylic acids is 1. The first-order chi connectivity index (χ1) is 25.6. The summed E-state index contributed by atoms with van der Waals surface area (Å²) in [6.07, 6.45) is 12.2. The Balaban J connectivity index is 1.57. The van der Waals surface area contributed by atoms with Gasteiger partial charge in [0.15, 0.2) is 12.6 Å². The van der Waals surface area contributed by atoms with Crippen LogP contribution in [-0.4, -0.2) is 142 Å². The number of aliphatic hydroxyl groups is 7. The minimum absolute atomic E-state index is 0.0448. The Labute approximate surface area is 316 Å². The Kier molecular flexibility index (Phi) is 25.9. The van der Waals surface area contributed by atoms with Crippen molar-refractivity contribution in [1.29, 1.82) is 0 Å². The van der Waals surface area contributed by atoms with Gasteiger partial charge in [-0.15, -0.1) is 0 Å². The van der Waals surface area contributed by atoms with E-state index in [2.05, 4.69) is 31.2 Å². The summed E-state index contributed by atoms with van der Waals surface area (Å²) >= 11 is 0. The Morgan fingerprint density at radius 3 is 1.70 bits per heavy atom. The van der Waals surface area contributed by atoms with Crippen molar-refractivity contribution < 1.29 is 69.0 Å². The third kappa shape index (κ3) is 19.3. The summed E-state index contributed by atoms with van der Waals surface area (Å²) in [7, 11) is 0. The Morgan fingerprint density at radius 1 is 0.623 bits per heavy atom. The fourth-order valence-corrected chi connectivity index (χ4v) is 6.25. The molecular formula is C39H70O14. The molecule has 7 N–H and O–H groups in total. The van der Waals surface area contributed by atoms with Gasteiger partial charge >= 0.3 is 5.97 Å². The number of hydrogen-bond acceptors (Lipinski definition) is 14. The highest BCUT2D eigenvalue weighted by molar-refractivity contribution is 5.66. The molecule has 2 fully saturated rings. The molecule has 0 aromatic heterocycles. The van der Waals surface area contributed by atoms with Crippen LogP contribution in [0.5, 0.6) is 0 Å². The summed E-state index contributed by atoms with van der Waals surface area (Å²) in [5, 5.41) is 70.9. The van der Waals surface area contributed by atoms with Crippen molar-refractivity contribution >= 4 is 5.97 Å². The second-order valence-corrected chi connectivity index (χ2v) is 14.2. The van der Waals surface area contributed by atoms with Crippen molar-refractivity contribution in [1.82, 2.24) is 0 Å². The van der Waals surface area contributed by atoms with Gasteiger partial charge in [-0.05, 0) is 38.5 Å². The van der Waals surface area contributed by atoms with E-state index < -0.39 is 86.7 Å². The molecule has 2 saturated heterocycles. The number of allylic oxidation sites excluding steroid dienone is 4. The minimum atomic E-state index is -1.70.